The fourth-order valence-electron chi connectivity index (χ4n) is 4.56. The van der Waals surface area contributed by atoms with Gasteiger partial charge in [0.25, 0.3) is 0 Å². The number of amides is 7. The van der Waals surface area contributed by atoms with Gasteiger partial charge in [0, 0.05) is 13.0 Å². The number of rotatable bonds is 25. The molecule has 0 aromatic carbocycles. The van der Waals surface area contributed by atoms with Crippen LogP contribution in [0, 0.1) is 11.8 Å². The second-order valence-electron chi connectivity index (χ2n) is 13.2. The normalized spacial score (nSPS) is 15.3. The molecule has 22 heteroatoms. The third kappa shape index (κ3) is 18.3. The number of nitrogens with two attached hydrogens (primary N) is 4. The molecule has 22 nitrogen and oxygen atoms in total. The van der Waals surface area contributed by atoms with Crippen molar-refractivity contribution in [2.75, 3.05) is 6.54 Å². The second-order valence-corrected chi connectivity index (χ2v) is 13.2. The van der Waals surface area contributed by atoms with E-state index in [1.54, 1.807) is 27.7 Å². The summed E-state index contributed by atoms with van der Waals surface area (Å²) in [6, 6.07) is -9.47. The van der Waals surface area contributed by atoms with Crippen molar-refractivity contribution in [2.45, 2.75) is 122 Å². The van der Waals surface area contributed by atoms with Crippen molar-refractivity contribution in [3.63, 3.8) is 0 Å². The van der Waals surface area contributed by atoms with Crippen LogP contribution in [-0.4, -0.2) is 118 Å². The molecule has 0 rings (SSSR count). The highest BCUT2D eigenvalue weighted by Crippen LogP contribution is 2.11. The first-order valence-electron chi connectivity index (χ1n) is 17.4. The lowest BCUT2D eigenvalue weighted by Crippen LogP contribution is -2.60. The van der Waals surface area contributed by atoms with Crippen LogP contribution in [0.2, 0.25) is 0 Å². The molecule has 0 aromatic rings. The number of guanidine groups is 1. The molecule has 7 amide bonds. The van der Waals surface area contributed by atoms with E-state index >= 15 is 0 Å². The van der Waals surface area contributed by atoms with E-state index in [0.717, 1.165) is 0 Å². The molecule has 0 saturated carbocycles. The summed E-state index contributed by atoms with van der Waals surface area (Å²) < 4.78 is 0. The van der Waals surface area contributed by atoms with Gasteiger partial charge in [-0.25, -0.2) is 0 Å². The Labute approximate surface area is 313 Å². The van der Waals surface area contributed by atoms with Crippen LogP contribution in [0.25, 0.3) is 0 Å². The highest BCUT2D eigenvalue weighted by Gasteiger charge is 2.35. The van der Waals surface area contributed by atoms with Gasteiger partial charge in [-0.15, -0.1) is 0 Å². The van der Waals surface area contributed by atoms with Crippen molar-refractivity contribution in [1.29, 1.82) is 0 Å². The number of aliphatic imine (C=N–C) groups is 1. The zero-order valence-electron chi connectivity index (χ0n) is 31.5. The highest BCUT2D eigenvalue weighted by molar-refractivity contribution is 5.98. The molecule has 16 N–H and O–H groups in total. The fraction of sp³-hybridized carbons (Fsp3) is 0.688. The third-order valence-corrected chi connectivity index (χ3v) is 8.19. The van der Waals surface area contributed by atoms with Gasteiger partial charge in [0.05, 0.1) is 12.5 Å². The van der Waals surface area contributed by atoms with Gasteiger partial charge >= 0.3 is 11.9 Å². The number of hydrogen-bond donors (Lipinski definition) is 12. The van der Waals surface area contributed by atoms with Gasteiger partial charge < -0.3 is 65.0 Å². The summed E-state index contributed by atoms with van der Waals surface area (Å²) in [7, 11) is 0. The number of hydrogen-bond acceptors (Lipinski definition) is 11. The lowest BCUT2D eigenvalue weighted by Gasteiger charge is -2.28. The molecule has 0 aliphatic carbocycles. The third-order valence-electron chi connectivity index (χ3n) is 8.19. The number of primary amides is 1. The van der Waals surface area contributed by atoms with E-state index in [2.05, 4.69) is 36.9 Å². The molecule has 0 radical (unpaired) electrons. The highest BCUT2D eigenvalue weighted by atomic mass is 16.4. The Hall–Kier alpha value is -5.54. The van der Waals surface area contributed by atoms with Crippen LogP contribution in [-0.2, 0) is 43.2 Å². The fourth-order valence-corrected chi connectivity index (χ4v) is 4.56. The standard InChI is InChI=1S/C32H57N11O11/c1-7-15(4)24(30(52)39-17(6)31(53)54)43-28(50)20(13-21(33)44)42-27(49)19(10-11-22(45)46)41-26(48)18(9-8-12-37-32(35)36)40-25(47)16(5)38-29(51)23(34)14(2)3/h14-20,23-24H,7-13,34H2,1-6H3,(H2,33,44)(H,38,51)(H,39,52)(H,40,47)(H,41,48)(H,42,49)(H,43,50)(H,45,46)(H,53,54)(H4,35,36,37)/t15-,16-,17-,18-,19-,20-,23-,24-/m0/s1. The van der Waals surface area contributed by atoms with Crippen molar-refractivity contribution >= 4 is 59.2 Å². The molecule has 0 aliphatic heterocycles. The van der Waals surface area contributed by atoms with Crippen LogP contribution in [0.15, 0.2) is 4.99 Å². The van der Waals surface area contributed by atoms with Crippen molar-refractivity contribution in [2.24, 2.45) is 39.8 Å². The Morgan fingerprint density at radius 1 is 0.630 bits per heavy atom. The largest absolute Gasteiger partial charge is 0.481 e. The maximum Gasteiger partial charge on any atom is 0.325 e. The Bertz CT molecular complexity index is 1390. The van der Waals surface area contributed by atoms with Crippen molar-refractivity contribution in [3.05, 3.63) is 0 Å². The van der Waals surface area contributed by atoms with Gasteiger partial charge in [0.1, 0.15) is 36.3 Å². The summed E-state index contributed by atoms with van der Waals surface area (Å²) in [6.07, 6.45) is -1.57. The van der Waals surface area contributed by atoms with Gasteiger partial charge in [-0.2, -0.15) is 0 Å². The van der Waals surface area contributed by atoms with Gasteiger partial charge in [0.15, 0.2) is 5.96 Å². The second kappa shape index (κ2) is 23.9. The molecule has 306 valence electrons. The predicted octanol–water partition coefficient (Wildman–Crippen LogP) is -4.16. The zero-order chi connectivity index (χ0) is 41.9. The summed E-state index contributed by atoms with van der Waals surface area (Å²) in [4.78, 5) is 117. The van der Waals surface area contributed by atoms with E-state index in [1.807, 2.05) is 0 Å². The number of aliphatic carboxylic acids is 2. The van der Waals surface area contributed by atoms with Gasteiger partial charge in [-0.3, -0.25) is 48.1 Å². The van der Waals surface area contributed by atoms with Crippen molar-refractivity contribution < 1.29 is 53.4 Å². The molecule has 0 aliphatic rings. The Morgan fingerprint density at radius 2 is 1.13 bits per heavy atom. The van der Waals surface area contributed by atoms with E-state index < -0.39 is 121 Å². The smallest absolute Gasteiger partial charge is 0.325 e. The number of carbonyl (C=O) groups is 9. The van der Waals surface area contributed by atoms with Gasteiger partial charge in [-0.1, -0.05) is 34.1 Å². The van der Waals surface area contributed by atoms with Crippen molar-refractivity contribution in [1.82, 2.24) is 31.9 Å². The molecular weight excluding hydrogens is 714 g/mol. The maximum atomic E-state index is 13.6. The van der Waals surface area contributed by atoms with Crippen LogP contribution in [0.4, 0.5) is 0 Å². The molecular formula is C32H57N11O11. The minimum Gasteiger partial charge on any atom is -0.481 e. The van der Waals surface area contributed by atoms with E-state index in [0.29, 0.717) is 6.42 Å². The number of nitrogens with one attached hydrogen (secondary N) is 6. The maximum absolute atomic E-state index is 13.6. The van der Waals surface area contributed by atoms with Gasteiger partial charge in [0.2, 0.25) is 41.4 Å². The SMILES string of the molecule is CC[C@H](C)[C@H](NC(=O)[C@H](CC(N)=O)NC(=O)[C@H](CCC(=O)O)NC(=O)[C@H](CCCN=C(N)N)NC(=O)[C@H](C)NC(=O)[C@@H](N)C(C)C)C(=O)N[C@@H](C)C(=O)O. The topological polar surface area (TPSA) is 383 Å². The van der Waals surface area contributed by atoms with Gasteiger partial charge in [-0.05, 0) is 44.9 Å². The molecule has 0 unspecified atom stereocenters. The van der Waals surface area contributed by atoms with Crippen LogP contribution in [0.5, 0.6) is 0 Å². The van der Waals surface area contributed by atoms with Crippen molar-refractivity contribution in [3.8, 4) is 0 Å². The minimum atomic E-state index is -1.73. The molecule has 0 spiro atoms. The molecule has 0 heterocycles. The zero-order valence-corrected chi connectivity index (χ0v) is 31.5. The number of nitrogens with zero attached hydrogens (tertiary/aromatic N) is 1. The monoisotopic (exact) mass is 771 g/mol. The Morgan fingerprint density at radius 3 is 1.61 bits per heavy atom. The van der Waals surface area contributed by atoms with E-state index in [-0.39, 0.29) is 31.3 Å². The minimum absolute atomic E-state index is 0.0369. The van der Waals surface area contributed by atoms with Crippen LogP contribution in [0.3, 0.4) is 0 Å². The number of carboxylic acids is 2. The quantitative estimate of drug-likeness (QED) is 0.0238. The Balaban J connectivity index is 6.35. The predicted molar refractivity (Wildman–Crippen MR) is 193 cm³/mol. The average Bonchev–Trinajstić information content (AvgIpc) is 3.07. The summed E-state index contributed by atoms with van der Waals surface area (Å²) in [5.41, 5.74) is 21.9. The molecule has 0 saturated heterocycles. The van der Waals surface area contributed by atoms with Crippen LogP contribution >= 0.6 is 0 Å². The Kier molecular flexibility index (Phi) is 21.5. The molecule has 0 bridgehead atoms. The lowest BCUT2D eigenvalue weighted by molar-refractivity contribution is -0.142. The molecule has 54 heavy (non-hydrogen) atoms. The molecule has 8 atom stereocenters. The van der Waals surface area contributed by atoms with Crippen LogP contribution < -0.4 is 54.8 Å². The lowest BCUT2D eigenvalue weighted by atomic mass is 9.97. The van der Waals surface area contributed by atoms with E-state index in [4.69, 9.17) is 22.9 Å². The van der Waals surface area contributed by atoms with Crippen LogP contribution in [0.1, 0.15) is 80.1 Å². The summed E-state index contributed by atoms with van der Waals surface area (Å²) in [5.74, 6) is -10.2. The first-order valence-corrected chi connectivity index (χ1v) is 17.4. The molecule has 0 aromatic heterocycles. The first-order chi connectivity index (χ1) is 25.0. The number of carboxylic acid groups (broad SMARTS) is 2. The molecule has 0 fully saturated rings. The summed E-state index contributed by atoms with van der Waals surface area (Å²) >= 11 is 0. The summed E-state index contributed by atoms with van der Waals surface area (Å²) in [5, 5.41) is 32.7. The summed E-state index contributed by atoms with van der Waals surface area (Å²) in [6.45, 7) is 9.30. The average molecular weight is 772 g/mol. The van der Waals surface area contributed by atoms with E-state index in [9.17, 15) is 53.4 Å². The first kappa shape index (κ1) is 48.5. The van der Waals surface area contributed by atoms with E-state index in [1.165, 1.54) is 13.8 Å². The number of carbonyl (C=O) groups excluding carboxylic acids is 7.